The highest BCUT2D eigenvalue weighted by Crippen LogP contribution is 2.47. The molecule has 2 aromatic rings. The normalized spacial score (nSPS) is 39.3. The fourth-order valence-electron chi connectivity index (χ4n) is 13.8. The molecule has 0 saturated carbocycles. The number of rotatable bonds is 16. The number of methoxy groups -OCH3 is 3. The molecule has 78 heavy (non-hydrogen) atoms. The summed E-state index contributed by atoms with van der Waals surface area (Å²) in [5.74, 6) is -4.40. The second-order valence-electron chi connectivity index (χ2n) is 23.7. The molecule has 1 aromatic carbocycles. The molecule has 0 spiro atoms. The van der Waals surface area contributed by atoms with Gasteiger partial charge in [0.1, 0.15) is 42.9 Å². The van der Waals surface area contributed by atoms with E-state index in [1.807, 2.05) is 77.8 Å². The van der Waals surface area contributed by atoms with Crippen molar-refractivity contribution in [2.45, 2.75) is 191 Å². The number of halogens is 1. The van der Waals surface area contributed by atoms with Crippen molar-refractivity contribution in [3.8, 4) is 0 Å². The summed E-state index contributed by atoms with van der Waals surface area (Å²) >= 11 is 0. The lowest BCUT2D eigenvalue weighted by Gasteiger charge is -2.52. The van der Waals surface area contributed by atoms with Crippen molar-refractivity contribution < 1.29 is 71.6 Å². The van der Waals surface area contributed by atoms with Gasteiger partial charge in [0.15, 0.2) is 11.9 Å². The van der Waals surface area contributed by atoms with Gasteiger partial charge < -0.3 is 67.5 Å². The van der Waals surface area contributed by atoms with Crippen LogP contribution in [0.5, 0.6) is 0 Å². The number of likely N-dealkylation sites (N-methyl/N-ethyl adjacent to an activating group) is 2. The Balaban J connectivity index is 1.16. The van der Waals surface area contributed by atoms with E-state index in [0.29, 0.717) is 38.3 Å². The van der Waals surface area contributed by atoms with Crippen molar-refractivity contribution in [3.05, 3.63) is 41.7 Å². The number of ether oxygens (including phenoxy) is 9. The van der Waals surface area contributed by atoms with Crippen LogP contribution >= 0.6 is 0 Å². The minimum Gasteiger partial charge on any atom is -0.458 e. The maximum Gasteiger partial charge on any atom is 0.410 e. The van der Waals surface area contributed by atoms with Gasteiger partial charge in [-0.1, -0.05) is 52.0 Å². The van der Waals surface area contributed by atoms with E-state index >= 15 is 0 Å². The van der Waals surface area contributed by atoms with Crippen LogP contribution in [0.2, 0.25) is 0 Å². The monoisotopic (exact) mass is 1100 g/mol. The Hall–Kier alpha value is -3.90. The molecule has 0 radical (unpaired) electrons. The average molecular weight is 1100 g/mol. The lowest BCUT2D eigenvalue weighted by atomic mass is 9.67. The molecule has 5 fully saturated rings. The molecule has 2 N–H and O–H groups in total. The Morgan fingerprint density at radius 1 is 0.923 bits per heavy atom. The van der Waals surface area contributed by atoms with Crippen LogP contribution in [0.15, 0.2) is 30.5 Å². The molecule has 0 aliphatic carbocycles. The zero-order valence-corrected chi connectivity index (χ0v) is 48.8. The predicted octanol–water partition coefficient (Wildman–Crippen LogP) is 5.75. The summed E-state index contributed by atoms with van der Waals surface area (Å²) in [4.78, 5) is 49.0. The number of anilines is 1. The lowest BCUT2D eigenvalue weighted by Crippen LogP contribution is -2.62. The number of amides is 1. The van der Waals surface area contributed by atoms with Gasteiger partial charge in [0.2, 0.25) is 0 Å². The van der Waals surface area contributed by atoms with Crippen LogP contribution in [0.1, 0.15) is 118 Å². The van der Waals surface area contributed by atoms with E-state index in [0.717, 1.165) is 24.3 Å². The van der Waals surface area contributed by atoms with Crippen LogP contribution < -0.4 is 4.90 Å². The lowest BCUT2D eigenvalue weighted by molar-refractivity contribution is -0.305. The maximum absolute atomic E-state index is 15.0. The summed E-state index contributed by atoms with van der Waals surface area (Å²) in [5, 5.41) is 32.7. The standard InChI is InChI=1S/C57H91FN6O14/c1-16-44-57(10)49(62(12)54(69)78-57)36(6)46(65)32(2)28-56(9,72-15)51(34(4)45(35(5)52(68)76-44)43-29-55(8,71-14)50(67)37(7)75-43)77-53-47(66)41(27-33(3)74-53)61(11)22-21-39-31-64(60-59-39)42(30-58)48(70-13)38-17-19-40(20-18-38)63-23-25-73-26-24-63/h17-20,31-37,41-45,47-51,53,66-67H,16,21-30H2,1-15H3/t32-,33-,34+,35-,36+,37+,41+,42-,43-,44-,45?,47-,48-,49-,50+,51-,53+,55-,56-,57-/m1/s1. The first-order valence-corrected chi connectivity index (χ1v) is 28.2. The van der Waals surface area contributed by atoms with E-state index in [1.165, 1.54) is 16.7 Å². The molecule has 7 rings (SSSR count). The Kier molecular flexibility index (Phi) is 20.2. The number of cyclic esters (lactones) is 1. The molecule has 21 heteroatoms. The molecule has 6 heterocycles. The largest absolute Gasteiger partial charge is 0.458 e. The van der Waals surface area contributed by atoms with Crippen LogP contribution in [0.3, 0.4) is 0 Å². The van der Waals surface area contributed by atoms with E-state index in [-0.39, 0.29) is 31.1 Å². The summed E-state index contributed by atoms with van der Waals surface area (Å²) < 4.78 is 73.4. The Morgan fingerprint density at radius 2 is 1.59 bits per heavy atom. The van der Waals surface area contributed by atoms with Gasteiger partial charge in [0.05, 0.1) is 66.5 Å². The number of ketones is 1. The fraction of sp³-hybridized carbons (Fsp3) is 0.807. The summed E-state index contributed by atoms with van der Waals surface area (Å²) in [5.41, 5.74) is -1.22. The van der Waals surface area contributed by atoms with Gasteiger partial charge in [-0.3, -0.25) is 9.59 Å². The van der Waals surface area contributed by atoms with E-state index < -0.39 is 132 Å². The minimum atomic E-state index is -1.38. The van der Waals surface area contributed by atoms with Gasteiger partial charge >= 0.3 is 12.1 Å². The topological polar surface area (TPSA) is 215 Å². The molecule has 1 aromatic heterocycles. The van der Waals surface area contributed by atoms with Crippen LogP contribution in [-0.2, 0) is 58.6 Å². The number of nitrogens with zero attached hydrogens (tertiary/aromatic N) is 6. The molecule has 440 valence electrons. The number of hydrogen-bond donors (Lipinski definition) is 2. The van der Waals surface area contributed by atoms with Crippen molar-refractivity contribution in [2.75, 3.05) is 79.8 Å². The number of esters is 1. The molecule has 0 bridgehead atoms. The molecular weight excluding hydrogens is 1010 g/mol. The number of carbonyl (C=O) groups is 3. The van der Waals surface area contributed by atoms with Gasteiger partial charge in [-0.05, 0) is 84.5 Å². The highest BCUT2D eigenvalue weighted by molar-refractivity contribution is 5.85. The third-order valence-electron chi connectivity index (χ3n) is 18.5. The zero-order valence-electron chi connectivity index (χ0n) is 48.8. The van der Waals surface area contributed by atoms with Gasteiger partial charge in [0, 0.05) is 96.5 Å². The van der Waals surface area contributed by atoms with Gasteiger partial charge in [0.25, 0.3) is 0 Å². The molecular formula is C57H91FN6O14. The second kappa shape index (κ2) is 25.5. The fourth-order valence-corrected chi connectivity index (χ4v) is 13.8. The van der Waals surface area contributed by atoms with Crippen molar-refractivity contribution in [2.24, 2.45) is 29.6 Å². The number of alkyl halides is 1. The second-order valence-corrected chi connectivity index (χ2v) is 23.7. The van der Waals surface area contributed by atoms with Gasteiger partial charge in [-0.15, -0.1) is 5.10 Å². The van der Waals surface area contributed by atoms with Gasteiger partial charge in [-0.2, -0.15) is 0 Å². The first-order chi connectivity index (χ1) is 36.9. The van der Waals surface area contributed by atoms with Crippen LogP contribution in [0.4, 0.5) is 14.9 Å². The molecule has 20 atom stereocenters. The van der Waals surface area contributed by atoms with Crippen molar-refractivity contribution in [1.29, 1.82) is 0 Å². The number of carbonyl (C=O) groups excluding carboxylic acids is 3. The van der Waals surface area contributed by atoms with Crippen molar-refractivity contribution >= 4 is 23.5 Å². The quantitative estimate of drug-likeness (QED) is 0.191. The van der Waals surface area contributed by atoms with E-state index in [9.17, 15) is 29.0 Å². The molecule has 20 nitrogen and oxygen atoms in total. The average Bonchev–Trinajstić information content (AvgIpc) is 4.08. The Morgan fingerprint density at radius 3 is 2.21 bits per heavy atom. The number of aromatic nitrogens is 3. The number of fused-ring (bicyclic) bond motifs is 1. The first-order valence-electron chi connectivity index (χ1n) is 28.2. The summed E-state index contributed by atoms with van der Waals surface area (Å²) in [6.07, 6.45) is -5.14. The highest BCUT2D eigenvalue weighted by Gasteiger charge is 2.61. The SMILES string of the molecule is CC[C@H]1OC(=O)[C@H](C)C([C@H]2C[C@@](C)(OC)[C@@H](O)[C@H](C)O2)[C@H](C)[C@@H](O[C@@H]2O[C@H](C)C[C@H](N(C)CCc3cn([C@H](CF)[C@H](OC)c4ccc(N5CCOCC5)cc4)nn3)[C@H]2O)[C@](C)(OC)C[C@@H](C)C(=O)[C@H](C)[C@H]2N(C)C(=O)O[C@]12C. The summed E-state index contributed by atoms with van der Waals surface area (Å²) in [6.45, 7) is 20.9. The third-order valence-corrected chi connectivity index (χ3v) is 18.5. The molecule has 1 amide bonds. The van der Waals surface area contributed by atoms with Crippen molar-refractivity contribution in [1.82, 2.24) is 24.8 Å². The Bertz CT molecular complexity index is 2310. The van der Waals surface area contributed by atoms with Crippen LogP contribution in [0, 0.1) is 29.6 Å². The van der Waals surface area contributed by atoms with Crippen LogP contribution in [0.25, 0.3) is 0 Å². The van der Waals surface area contributed by atoms with Crippen molar-refractivity contribution in [3.63, 3.8) is 0 Å². The Labute approximate surface area is 461 Å². The smallest absolute Gasteiger partial charge is 0.410 e. The number of morpholine rings is 1. The van der Waals surface area contributed by atoms with E-state index in [4.69, 9.17) is 42.6 Å². The number of Topliss-reactive ketones (excluding diaryl/α,β-unsaturated/α-hetero) is 1. The molecule has 1 unspecified atom stereocenters. The molecule has 5 aliphatic heterocycles. The minimum absolute atomic E-state index is 0.140. The van der Waals surface area contributed by atoms with Gasteiger partial charge in [-0.25, -0.2) is 13.9 Å². The zero-order chi connectivity index (χ0) is 57.2. The number of benzene rings is 1. The predicted molar refractivity (Wildman–Crippen MR) is 286 cm³/mol. The first kappa shape index (κ1) is 61.7. The van der Waals surface area contributed by atoms with E-state index in [1.54, 1.807) is 55.2 Å². The third kappa shape index (κ3) is 12.5. The van der Waals surface area contributed by atoms with Crippen LogP contribution in [-0.4, -0.2) is 206 Å². The number of aliphatic hydroxyl groups is 2. The maximum atomic E-state index is 15.0. The molecule has 5 aliphatic rings. The van der Waals surface area contributed by atoms with E-state index in [2.05, 4.69) is 15.2 Å². The molecule has 5 saturated heterocycles. The number of hydrogen-bond acceptors (Lipinski definition) is 18. The number of aliphatic hydroxyl groups excluding tert-OH is 2. The summed E-state index contributed by atoms with van der Waals surface area (Å²) in [6, 6.07) is 5.94. The summed E-state index contributed by atoms with van der Waals surface area (Å²) in [7, 11) is 8.16. The highest BCUT2D eigenvalue weighted by atomic mass is 19.1.